The van der Waals surface area contributed by atoms with Crippen LogP contribution in [0.4, 0.5) is 5.82 Å². The van der Waals surface area contributed by atoms with Gasteiger partial charge in [0, 0.05) is 25.5 Å². The van der Waals surface area contributed by atoms with Crippen molar-refractivity contribution >= 4 is 11.3 Å². The SMILES string of the molecule is Cc1cc2c(NCC(CO)CC3CCCCC3)nccn2n1. The summed E-state index contributed by atoms with van der Waals surface area (Å²) in [6.45, 7) is 2.99. The van der Waals surface area contributed by atoms with E-state index in [2.05, 4.69) is 15.4 Å². The van der Waals surface area contributed by atoms with Crippen molar-refractivity contribution in [3.63, 3.8) is 0 Å². The van der Waals surface area contributed by atoms with Crippen LogP contribution in [0.25, 0.3) is 5.52 Å². The molecule has 5 heteroatoms. The number of fused-ring (bicyclic) bond motifs is 1. The molecular formula is C17H26N4O. The number of aryl methyl sites for hydroxylation is 1. The maximum atomic E-state index is 9.67. The topological polar surface area (TPSA) is 62.5 Å². The maximum absolute atomic E-state index is 9.67. The van der Waals surface area contributed by atoms with Gasteiger partial charge in [-0.05, 0) is 31.2 Å². The molecule has 3 rings (SSSR count). The second-order valence-corrected chi connectivity index (χ2v) is 6.56. The Balaban J connectivity index is 1.61. The van der Waals surface area contributed by atoms with Crippen LogP contribution in [0.5, 0.6) is 0 Å². The molecule has 2 N–H and O–H groups in total. The van der Waals surface area contributed by atoms with Crippen LogP contribution in [0.1, 0.15) is 44.2 Å². The van der Waals surface area contributed by atoms with Gasteiger partial charge < -0.3 is 10.4 Å². The fraction of sp³-hybridized carbons (Fsp3) is 0.647. The Hall–Kier alpha value is -1.62. The van der Waals surface area contributed by atoms with Gasteiger partial charge in [0.15, 0.2) is 5.82 Å². The number of nitrogens with one attached hydrogen (secondary N) is 1. The predicted molar refractivity (Wildman–Crippen MR) is 88.0 cm³/mol. The van der Waals surface area contributed by atoms with Crippen LogP contribution in [-0.2, 0) is 0 Å². The van der Waals surface area contributed by atoms with Crippen molar-refractivity contribution in [2.45, 2.75) is 45.4 Å². The molecule has 1 aliphatic carbocycles. The molecule has 0 saturated heterocycles. The van der Waals surface area contributed by atoms with E-state index < -0.39 is 0 Å². The summed E-state index contributed by atoms with van der Waals surface area (Å²) in [7, 11) is 0. The van der Waals surface area contributed by atoms with Crippen molar-refractivity contribution in [3.05, 3.63) is 24.2 Å². The lowest BCUT2D eigenvalue weighted by atomic mass is 9.83. The van der Waals surface area contributed by atoms with E-state index >= 15 is 0 Å². The first-order valence-electron chi connectivity index (χ1n) is 8.42. The fourth-order valence-corrected chi connectivity index (χ4v) is 3.54. The lowest BCUT2D eigenvalue weighted by Gasteiger charge is -2.25. The van der Waals surface area contributed by atoms with E-state index in [0.717, 1.165) is 35.9 Å². The maximum Gasteiger partial charge on any atom is 0.152 e. The van der Waals surface area contributed by atoms with E-state index in [1.807, 2.05) is 23.7 Å². The van der Waals surface area contributed by atoms with E-state index in [1.54, 1.807) is 6.20 Å². The Morgan fingerprint density at radius 2 is 2.18 bits per heavy atom. The first-order valence-corrected chi connectivity index (χ1v) is 8.42. The molecule has 1 atom stereocenters. The van der Waals surface area contributed by atoms with E-state index in [4.69, 9.17) is 0 Å². The zero-order valence-corrected chi connectivity index (χ0v) is 13.3. The molecule has 1 aliphatic rings. The minimum absolute atomic E-state index is 0.241. The Morgan fingerprint density at radius 1 is 1.36 bits per heavy atom. The number of rotatable bonds is 6. The van der Waals surface area contributed by atoms with Crippen LogP contribution >= 0.6 is 0 Å². The van der Waals surface area contributed by atoms with Gasteiger partial charge in [-0.15, -0.1) is 0 Å². The van der Waals surface area contributed by atoms with Crippen LogP contribution < -0.4 is 5.32 Å². The van der Waals surface area contributed by atoms with Gasteiger partial charge in [0.2, 0.25) is 0 Å². The highest BCUT2D eigenvalue weighted by molar-refractivity contribution is 5.67. The number of aliphatic hydroxyl groups excluding tert-OH is 1. The predicted octanol–water partition coefficient (Wildman–Crippen LogP) is 3.03. The van der Waals surface area contributed by atoms with Gasteiger partial charge in [-0.1, -0.05) is 32.1 Å². The van der Waals surface area contributed by atoms with Gasteiger partial charge in [0.1, 0.15) is 5.52 Å². The molecule has 0 bridgehead atoms. The van der Waals surface area contributed by atoms with Crippen molar-refractivity contribution in [1.29, 1.82) is 0 Å². The monoisotopic (exact) mass is 302 g/mol. The third kappa shape index (κ3) is 3.58. The van der Waals surface area contributed by atoms with Gasteiger partial charge in [-0.2, -0.15) is 5.10 Å². The van der Waals surface area contributed by atoms with Crippen LogP contribution in [0, 0.1) is 18.8 Å². The summed E-state index contributed by atoms with van der Waals surface area (Å²) >= 11 is 0. The highest BCUT2D eigenvalue weighted by Crippen LogP contribution is 2.29. The zero-order chi connectivity index (χ0) is 15.4. The normalized spacial score (nSPS) is 17.7. The summed E-state index contributed by atoms with van der Waals surface area (Å²) in [5, 5.41) is 17.5. The molecule has 0 radical (unpaired) electrons. The van der Waals surface area contributed by atoms with E-state index in [9.17, 15) is 5.11 Å². The quantitative estimate of drug-likeness (QED) is 0.861. The van der Waals surface area contributed by atoms with Crippen molar-refractivity contribution in [2.24, 2.45) is 11.8 Å². The molecule has 2 heterocycles. The van der Waals surface area contributed by atoms with Crippen LogP contribution in [-0.4, -0.2) is 32.9 Å². The van der Waals surface area contributed by atoms with Crippen molar-refractivity contribution in [1.82, 2.24) is 14.6 Å². The molecule has 0 amide bonds. The van der Waals surface area contributed by atoms with Gasteiger partial charge in [-0.3, -0.25) is 0 Å². The fourth-order valence-electron chi connectivity index (χ4n) is 3.54. The van der Waals surface area contributed by atoms with E-state index in [-0.39, 0.29) is 6.61 Å². The van der Waals surface area contributed by atoms with E-state index in [1.165, 1.54) is 32.1 Å². The molecular weight excluding hydrogens is 276 g/mol. The Labute approximate surface area is 131 Å². The van der Waals surface area contributed by atoms with E-state index in [0.29, 0.717) is 5.92 Å². The minimum Gasteiger partial charge on any atom is -0.396 e. The molecule has 2 aromatic rings. The van der Waals surface area contributed by atoms with Crippen molar-refractivity contribution in [3.8, 4) is 0 Å². The molecule has 0 aromatic carbocycles. The Morgan fingerprint density at radius 3 is 2.95 bits per heavy atom. The summed E-state index contributed by atoms with van der Waals surface area (Å²) in [5.74, 6) is 1.94. The summed E-state index contributed by atoms with van der Waals surface area (Å²) in [5.41, 5.74) is 1.98. The smallest absolute Gasteiger partial charge is 0.152 e. The molecule has 22 heavy (non-hydrogen) atoms. The summed E-state index contributed by atoms with van der Waals surface area (Å²) in [6, 6.07) is 2.03. The lowest BCUT2D eigenvalue weighted by molar-refractivity contribution is 0.192. The molecule has 1 unspecified atom stereocenters. The first-order chi connectivity index (χ1) is 10.8. The molecule has 1 saturated carbocycles. The van der Waals surface area contributed by atoms with Crippen molar-refractivity contribution in [2.75, 3.05) is 18.5 Å². The number of aromatic nitrogens is 3. The molecule has 120 valence electrons. The Bertz CT molecular complexity index is 604. The molecule has 2 aromatic heterocycles. The number of hydrogen-bond acceptors (Lipinski definition) is 4. The zero-order valence-electron chi connectivity index (χ0n) is 13.3. The average molecular weight is 302 g/mol. The van der Waals surface area contributed by atoms with Crippen LogP contribution in [0.15, 0.2) is 18.5 Å². The van der Waals surface area contributed by atoms with Crippen LogP contribution in [0.2, 0.25) is 0 Å². The van der Waals surface area contributed by atoms with Gasteiger partial charge in [-0.25, -0.2) is 9.50 Å². The van der Waals surface area contributed by atoms with Crippen molar-refractivity contribution < 1.29 is 5.11 Å². The Kier molecular flexibility index (Phi) is 4.93. The number of hydrogen-bond donors (Lipinski definition) is 2. The second-order valence-electron chi connectivity index (χ2n) is 6.56. The highest BCUT2D eigenvalue weighted by atomic mass is 16.3. The summed E-state index contributed by atoms with van der Waals surface area (Å²) < 4.78 is 1.85. The largest absolute Gasteiger partial charge is 0.396 e. The van der Waals surface area contributed by atoms with Gasteiger partial charge >= 0.3 is 0 Å². The second kappa shape index (κ2) is 7.09. The molecule has 0 aliphatic heterocycles. The average Bonchev–Trinajstić information content (AvgIpc) is 2.93. The molecule has 1 fully saturated rings. The third-order valence-electron chi connectivity index (χ3n) is 4.72. The van der Waals surface area contributed by atoms with Gasteiger partial charge in [0.05, 0.1) is 5.69 Å². The minimum atomic E-state index is 0.241. The summed E-state index contributed by atoms with van der Waals surface area (Å²) in [6.07, 6.45) is 11.5. The lowest BCUT2D eigenvalue weighted by Crippen LogP contribution is -2.22. The number of anilines is 1. The molecule has 0 spiro atoms. The molecule has 5 nitrogen and oxygen atoms in total. The summed E-state index contributed by atoms with van der Waals surface area (Å²) in [4.78, 5) is 4.42. The highest BCUT2D eigenvalue weighted by Gasteiger charge is 2.19. The number of aliphatic hydroxyl groups is 1. The number of nitrogens with zero attached hydrogens (tertiary/aromatic N) is 3. The standard InChI is InChI=1S/C17H26N4O/c1-13-9-16-17(18-7-8-21(16)20-13)19-11-15(12-22)10-14-5-3-2-4-6-14/h7-9,14-15,22H,2-6,10-12H2,1H3,(H,18,19). The van der Waals surface area contributed by atoms with Crippen LogP contribution in [0.3, 0.4) is 0 Å². The van der Waals surface area contributed by atoms with Gasteiger partial charge in [0.25, 0.3) is 0 Å². The first kappa shape index (κ1) is 15.3. The third-order valence-corrected chi connectivity index (χ3v) is 4.72.